The van der Waals surface area contributed by atoms with Crippen LogP contribution in [0.3, 0.4) is 0 Å². The van der Waals surface area contributed by atoms with Crippen molar-refractivity contribution in [2.24, 2.45) is 0 Å². The van der Waals surface area contributed by atoms with Gasteiger partial charge in [0.15, 0.2) is 6.29 Å². The summed E-state index contributed by atoms with van der Waals surface area (Å²) in [5.41, 5.74) is 0.949. The molecule has 90 valence electrons. The van der Waals surface area contributed by atoms with Crippen LogP contribution in [0.4, 0.5) is 5.69 Å². The summed E-state index contributed by atoms with van der Waals surface area (Å²) in [6.07, 6.45) is -0.259. The van der Waals surface area contributed by atoms with Crippen molar-refractivity contribution in [1.82, 2.24) is 0 Å². The van der Waals surface area contributed by atoms with Gasteiger partial charge in [0.05, 0.1) is 13.7 Å². The molecule has 0 aromatic heterocycles. The van der Waals surface area contributed by atoms with Gasteiger partial charge >= 0.3 is 0 Å². The number of benzene rings is 1. The van der Waals surface area contributed by atoms with E-state index in [4.69, 9.17) is 14.2 Å². The highest BCUT2D eigenvalue weighted by Gasteiger charge is 2.05. The van der Waals surface area contributed by atoms with E-state index >= 15 is 0 Å². The van der Waals surface area contributed by atoms with Gasteiger partial charge in [-0.3, -0.25) is 0 Å². The van der Waals surface area contributed by atoms with E-state index in [1.54, 1.807) is 21.3 Å². The number of rotatable bonds is 6. The van der Waals surface area contributed by atoms with E-state index in [9.17, 15) is 0 Å². The van der Waals surface area contributed by atoms with Gasteiger partial charge < -0.3 is 19.5 Å². The number of hydrogen-bond donors (Lipinski definition) is 1. The summed E-state index contributed by atoms with van der Waals surface area (Å²) in [5.74, 6) is 0.795. The minimum atomic E-state index is -0.259. The Balaban J connectivity index is 2.62. The highest BCUT2D eigenvalue weighted by atomic mass is 79.9. The van der Waals surface area contributed by atoms with Crippen molar-refractivity contribution >= 4 is 21.6 Å². The summed E-state index contributed by atoms with van der Waals surface area (Å²) in [4.78, 5) is 0. The van der Waals surface area contributed by atoms with Gasteiger partial charge in [0.2, 0.25) is 0 Å². The van der Waals surface area contributed by atoms with Crippen molar-refractivity contribution in [2.45, 2.75) is 6.29 Å². The summed E-state index contributed by atoms with van der Waals surface area (Å²) in [6.45, 7) is 0.576. The minimum Gasteiger partial charge on any atom is -0.497 e. The first kappa shape index (κ1) is 13.3. The highest BCUT2D eigenvalue weighted by molar-refractivity contribution is 9.10. The molecule has 0 saturated carbocycles. The molecule has 0 aliphatic heterocycles. The first-order valence-corrected chi connectivity index (χ1v) is 5.63. The number of anilines is 1. The lowest BCUT2D eigenvalue weighted by molar-refractivity contribution is -0.0914. The van der Waals surface area contributed by atoms with Gasteiger partial charge in [-0.25, -0.2) is 0 Å². The van der Waals surface area contributed by atoms with Crippen molar-refractivity contribution in [3.05, 3.63) is 22.7 Å². The second kappa shape index (κ2) is 6.73. The molecule has 0 radical (unpaired) electrons. The third-order valence-electron chi connectivity index (χ3n) is 2.11. The Morgan fingerprint density at radius 2 is 1.88 bits per heavy atom. The first-order valence-electron chi connectivity index (χ1n) is 4.83. The second-order valence-electron chi connectivity index (χ2n) is 3.16. The van der Waals surface area contributed by atoms with Crippen LogP contribution in [0.2, 0.25) is 0 Å². The molecule has 0 bridgehead atoms. The molecule has 0 heterocycles. The molecule has 1 aromatic carbocycles. The van der Waals surface area contributed by atoms with Crippen LogP contribution in [-0.2, 0) is 9.47 Å². The summed E-state index contributed by atoms with van der Waals surface area (Å²) < 4.78 is 16.3. The third kappa shape index (κ3) is 4.00. The van der Waals surface area contributed by atoms with E-state index in [1.807, 2.05) is 18.2 Å². The second-order valence-corrected chi connectivity index (χ2v) is 4.08. The molecule has 16 heavy (non-hydrogen) atoms. The molecule has 5 heteroatoms. The lowest BCUT2D eigenvalue weighted by atomic mass is 10.3. The molecule has 1 rings (SSSR count). The van der Waals surface area contributed by atoms with Gasteiger partial charge in [0.25, 0.3) is 0 Å². The van der Waals surface area contributed by atoms with E-state index in [1.165, 1.54) is 0 Å². The Hall–Kier alpha value is -0.780. The molecular weight excluding hydrogens is 274 g/mol. The van der Waals surface area contributed by atoms with Crippen molar-refractivity contribution < 1.29 is 14.2 Å². The van der Waals surface area contributed by atoms with Gasteiger partial charge in [0, 0.05) is 30.4 Å². The van der Waals surface area contributed by atoms with Crippen molar-refractivity contribution in [1.29, 1.82) is 0 Å². The van der Waals surface area contributed by atoms with Gasteiger partial charge in [-0.15, -0.1) is 0 Å². The van der Waals surface area contributed by atoms with Gasteiger partial charge in [0.1, 0.15) is 5.75 Å². The molecule has 1 aromatic rings. The van der Waals surface area contributed by atoms with Gasteiger partial charge in [-0.2, -0.15) is 0 Å². The molecule has 0 spiro atoms. The zero-order valence-corrected chi connectivity index (χ0v) is 11.2. The predicted octanol–water partition coefficient (Wildman–Crippen LogP) is 2.49. The first-order chi connectivity index (χ1) is 7.69. The van der Waals surface area contributed by atoms with Crippen LogP contribution in [-0.4, -0.2) is 34.2 Å². The van der Waals surface area contributed by atoms with Crippen molar-refractivity contribution in [3.63, 3.8) is 0 Å². The van der Waals surface area contributed by atoms with Crippen LogP contribution in [0.25, 0.3) is 0 Å². The Morgan fingerprint density at radius 1 is 1.19 bits per heavy atom. The molecule has 0 atom stereocenters. The summed E-state index contributed by atoms with van der Waals surface area (Å²) in [7, 11) is 4.85. The Morgan fingerprint density at radius 3 is 2.44 bits per heavy atom. The zero-order chi connectivity index (χ0) is 12.0. The molecule has 4 nitrogen and oxygen atoms in total. The quantitative estimate of drug-likeness (QED) is 0.817. The van der Waals surface area contributed by atoms with Crippen LogP contribution < -0.4 is 10.1 Å². The number of halogens is 1. The summed E-state index contributed by atoms with van der Waals surface area (Å²) in [6, 6.07) is 5.77. The SMILES string of the molecule is COc1cc(Br)cc(NCC(OC)OC)c1. The molecule has 0 saturated heterocycles. The molecule has 0 amide bonds. The fraction of sp³-hybridized carbons (Fsp3) is 0.455. The Labute approximate surface area is 104 Å². The fourth-order valence-electron chi connectivity index (χ4n) is 1.25. The average molecular weight is 290 g/mol. The largest absolute Gasteiger partial charge is 0.497 e. The standard InChI is InChI=1S/C11H16BrNO3/c1-14-10-5-8(12)4-9(6-10)13-7-11(15-2)16-3/h4-6,11,13H,7H2,1-3H3. The molecule has 0 fully saturated rings. The fourth-order valence-corrected chi connectivity index (χ4v) is 1.72. The van der Waals surface area contributed by atoms with E-state index in [2.05, 4.69) is 21.2 Å². The highest BCUT2D eigenvalue weighted by Crippen LogP contribution is 2.24. The maximum atomic E-state index is 5.16. The summed E-state index contributed by atoms with van der Waals surface area (Å²) >= 11 is 3.41. The Bertz CT molecular complexity index is 329. The molecule has 0 aliphatic rings. The normalized spacial score (nSPS) is 10.6. The monoisotopic (exact) mass is 289 g/mol. The van der Waals surface area contributed by atoms with E-state index < -0.39 is 0 Å². The molecule has 0 aliphatic carbocycles. The van der Waals surface area contributed by atoms with Gasteiger partial charge in [-0.1, -0.05) is 15.9 Å². The van der Waals surface area contributed by atoms with Crippen molar-refractivity contribution in [2.75, 3.05) is 33.2 Å². The lowest BCUT2D eigenvalue weighted by Gasteiger charge is -2.15. The topological polar surface area (TPSA) is 39.7 Å². The smallest absolute Gasteiger partial charge is 0.173 e. The maximum absolute atomic E-state index is 5.16. The molecule has 1 N–H and O–H groups in total. The van der Waals surface area contributed by atoms with Crippen LogP contribution in [0.5, 0.6) is 5.75 Å². The average Bonchev–Trinajstić information content (AvgIpc) is 2.29. The van der Waals surface area contributed by atoms with E-state index in [0.29, 0.717) is 6.54 Å². The Kier molecular flexibility index (Phi) is 5.59. The van der Waals surface area contributed by atoms with Crippen LogP contribution in [0, 0.1) is 0 Å². The lowest BCUT2D eigenvalue weighted by Crippen LogP contribution is -2.23. The van der Waals surface area contributed by atoms with Crippen molar-refractivity contribution in [3.8, 4) is 5.75 Å². The number of nitrogens with one attached hydrogen (secondary N) is 1. The van der Waals surface area contributed by atoms with Crippen LogP contribution >= 0.6 is 15.9 Å². The van der Waals surface area contributed by atoms with E-state index in [-0.39, 0.29) is 6.29 Å². The molecular formula is C11H16BrNO3. The maximum Gasteiger partial charge on any atom is 0.173 e. The third-order valence-corrected chi connectivity index (χ3v) is 2.56. The minimum absolute atomic E-state index is 0.259. The van der Waals surface area contributed by atoms with E-state index in [0.717, 1.165) is 15.9 Å². The number of hydrogen-bond acceptors (Lipinski definition) is 4. The number of ether oxygens (including phenoxy) is 3. The predicted molar refractivity (Wildman–Crippen MR) is 67.0 cm³/mol. The van der Waals surface area contributed by atoms with Crippen LogP contribution in [0.15, 0.2) is 22.7 Å². The number of methoxy groups -OCH3 is 3. The van der Waals surface area contributed by atoms with Gasteiger partial charge in [-0.05, 0) is 12.1 Å². The zero-order valence-electron chi connectivity index (χ0n) is 9.62. The molecule has 0 unspecified atom stereocenters. The van der Waals surface area contributed by atoms with Crippen LogP contribution in [0.1, 0.15) is 0 Å². The summed E-state index contributed by atoms with van der Waals surface area (Å²) in [5, 5.41) is 3.20.